The fourth-order valence-corrected chi connectivity index (χ4v) is 2.64. The molecule has 1 atom stereocenters. The smallest absolute Gasteiger partial charge is 0.314 e. The van der Waals surface area contributed by atoms with Gasteiger partial charge in [-0.15, -0.1) is 0 Å². The number of rotatable bonds is 4. The summed E-state index contributed by atoms with van der Waals surface area (Å²) in [4.78, 5) is 11.9. The number of carboxylic acid groups (broad SMARTS) is 1. The highest BCUT2D eigenvalue weighted by atomic mass is 16.4. The van der Waals surface area contributed by atoms with Crippen LogP contribution in [0.4, 0.5) is 0 Å². The molecule has 0 radical (unpaired) electrons. The Labute approximate surface area is 132 Å². The van der Waals surface area contributed by atoms with Gasteiger partial charge in [0.2, 0.25) is 0 Å². The van der Waals surface area contributed by atoms with Crippen LogP contribution in [0.1, 0.15) is 44.4 Å². The van der Waals surface area contributed by atoms with Crippen LogP contribution < -0.4 is 0 Å². The lowest BCUT2D eigenvalue weighted by Crippen LogP contribution is -2.34. The summed E-state index contributed by atoms with van der Waals surface area (Å²) in [5.74, 6) is -0.793. The minimum Gasteiger partial charge on any atom is -0.481 e. The fraction of sp³-hybridized carbons (Fsp3) is 0.350. The predicted octanol–water partition coefficient (Wildman–Crippen LogP) is 4.57. The molecule has 2 rings (SSSR count). The van der Waals surface area contributed by atoms with E-state index in [2.05, 4.69) is 32.9 Å². The van der Waals surface area contributed by atoms with Gasteiger partial charge in [-0.05, 0) is 35.4 Å². The van der Waals surface area contributed by atoms with Crippen LogP contribution >= 0.6 is 0 Å². The first-order valence-corrected chi connectivity index (χ1v) is 7.62. The first-order chi connectivity index (χ1) is 10.2. The van der Waals surface area contributed by atoms with E-state index in [1.54, 1.807) is 6.92 Å². The summed E-state index contributed by atoms with van der Waals surface area (Å²) >= 11 is 0. The van der Waals surface area contributed by atoms with Crippen molar-refractivity contribution in [1.29, 1.82) is 0 Å². The zero-order chi connectivity index (χ0) is 16.4. The van der Waals surface area contributed by atoms with Crippen LogP contribution in [-0.4, -0.2) is 11.1 Å². The normalized spacial score (nSPS) is 14.4. The standard InChI is InChI=1S/C20H24O2/c1-19(2,3)16-12-10-15(11-13-16)14-20(4,18(21)22)17-8-6-5-7-9-17/h5-13H,14H2,1-4H3,(H,21,22). The van der Waals surface area contributed by atoms with Crippen LogP contribution in [0.2, 0.25) is 0 Å². The molecule has 0 spiro atoms. The lowest BCUT2D eigenvalue weighted by Gasteiger charge is -2.26. The minimum atomic E-state index is -0.912. The molecule has 0 bridgehead atoms. The van der Waals surface area contributed by atoms with Gasteiger partial charge < -0.3 is 5.11 Å². The van der Waals surface area contributed by atoms with Crippen molar-refractivity contribution in [3.05, 3.63) is 71.3 Å². The van der Waals surface area contributed by atoms with Gasteiger partial charge in [0, 0.05) is 0 Å². The van der Waals surface area contributed by atoms with Gasteiger partial charge in [-0.1, -0.05) is 75.4 Å². The van der Waals surface area contributed by atoms with E-state index in [9.17, 15) is 9.90 Å². The van der Waals surface area contributed by atoms with Crippen LogP contribution in [-0.2, 0) is 22.0 Å². The number of hydrogen-bond donors (Lipinski definition) is 1. The summed E-state index contributed by atoms with van der Waals surface area (Å²) in [7, 11) is 0. The van der Waals surface area contributed by atoms with Crippen molar-refractivity contribution in [2.75, 3.05) is 0 Å². The third-order valence-corrected chi connectivity index (χ3v) is 4.26. The van der Waals surface area contributed by atoms with Crippen molar-refractivity contribution in [1.82, 2.24) is 0 Å². The highest BCUT2D eigenvalue weighted by Crippen LogP contribution is 2.30. The molecule has 0 aliphatic rings. The molecule has 0 saturated carbocycles. The topological polar surface area (TPSA) is 37.3 Å². The SMILES string of the molecule is CC(C)(C)c1ccc(CC(C)(C(=O)O)c2ccccc2)cc1. The summed E-state index contributed by atoms with van der Waals surface area (Å²) in [6, 6.07) is 17.7. The van der Waals surface area contributed by atoms with Gasteiger partial charge in [-0.3, -0.25) is 4.79 Å². The molecule has 2 heteroatoms. The van der Waals surface area contributed by atoms with Crippen molar-refractivity contribution in [3.63, 3.8) is 0 Å². The molecule has 22 heavy (non-hydrogen) atoms. The van der Waals surface area contributed by atoms with Crippen LogP contribution in [0.5, 0.6) is 0 Å². The zero-order valence-corrected chi connectivity index (χ0v) is 13.8. The Balaban J connectivity index is 2.31. The zero-order valence-electron chi connectivity index (χ0n) is 13.8. The summed E-state index contributed by atoms with van der Waals surface area (Å²) in [5, 5.41) is 9.73. The third-order valence-electron chi connectivity index (χ3n) is 4.26. The molecule has 0 aromatic heterocycles. The van der Waals surface area contributed by atoms with Gasteiger partial charge in [-0.2, -0.15) is 0 Å². The second kappa shape index (κ2) is 5.96. The Bertz CT molecular complexity index is 636. The molecular formula is C20H24O2. The molecule has 116 valence electrons. The largest absolute Gasteiger partial charge is 0.481 e. The molecule has 0 amide bonds. The first kappa shape index (κ1) is 16.3. The van der Waals surface area contributed by atoms with Crippen LogP contribution in [0.15, 0.2) is 54.6 Å². The number of carboxylic acids is 1. The Morgan fingerprint density at radius 2 is 1.41 bits per heavy atom. The van der Waals surface area contributed by atoms with E-state index in [0.29, 0.717) is 6.42 Å². The van der Waals surface area contributed by atoms with Gasteiger partial charge in [-0.25, -0.2) is 0 Å². The first-order valence-electron chi connectivity index (χ1n) is 7.62. The van der Waals surface area contributed by atoms with Crippen molar-refractivity contribution in [2.24, 2.45) is 0 Å². The second-order valence-corrected chi connectivity index (χ2v) is 7.13. The number of hydrogen-bond acceptors (Lipinski definition) is 1. The van der Waals surface area contributed by atoms with E-state index < -0.39 is 11.4 Å². The fourth-order valence-electron chi connectivity index (χ4n) is 2.64. The maximum atomic E-state index is 11.9. The Morgan fingerprint density at radius 1 is 0.864 bits per heavy atom. The third kappa shape index (κ3) is 3.38. The molecule has 1 unspecified atom stereocenters. The van der Waals surface area contributed by atoms with E-state index in [0.717, 1.165) is 11.1 Å². The molecular weight excluding hydrogens is 272 g/mol. The quantitative estimate of drug-likeness (QED) is 0.897. The average molecular weight is 296 g/mol. The van der Waals surface area contributed by atoms with Crippen molar-refractivity contribution in [3.8, 4) is 0 Å². The molecule has 0 heterocycles. The monoisotopic (exact) mass is 296 g/mol. The lowest BCUT2D eigenvalue weighted by molar-refractivity contribution is -0.143. The summed E-state index contributed by atoms with van der Waals surface area (Å²) in [6.07, 6.45) is 0.483. The molecule has 0 saturated heterocycles. The highest BCUT2D eigenvalue weighted by Gasteiger charge is 2.35. The summed E-state index contributed by atoms with van der Waals surface area (Å²) < 4.78 is 0. The van der Waals surface area contributed by atoms with Crippen LogP contribution in [0.3, 0.4) is 0 Å². The molecule has 0 aliphatic carbocycles. The van der Waals surface area contributed by atoms with Gasteiger partial charge >= 0.3 is 5.97 Å². The van der Waals surface area contributed by atoms with Gasteiger partial charge in [0.25, 0.3) is 0 Å². The molecule has 2 aromatic carbocycles. The van der Waals surface area contributed by atoms with E-state index in [1.165, 1.54) is 5.56 Å². The highest BCUT2D eigenvalue weighted by molar-refractivity contribution is 5.81. The maximum Gasteiger partial charge on any atom is 0.314 e. The number of aliphatic carboxylic acids is 1. The summed E-state index contributed by atoms with van der Waals surface area (Å²) in [5.41, 5.74) is 2.33. The van der Waals surface area contributed by atoms with Crippen LogP contribution in [0.25, 0.3) is 0 Å². The van der Waals surface area contributed by atoms with E-state index >= 15 is 0 Å². The molecule has 0 fully saturated rings. The maximum absolute atomic E-state index is 11.9. The second-order valence-electron chi connectivity index (χ2n) is 7.13. The van der Waals surface area contributed by atoms with E-state index in [1.807, 2.05) is 42.5 Å². The Morgan fingerprint density at radius 3 is 1.86 bits per heavy atom. The molecule has 2 nitrogen and oxygen atoms in total. The molecule has 0 aliphatic heterocycles. The lowest BCUT2D eigenvalue weighted by atomic mass is 9.77. The van der Waals surface area contributed by atoms with Crippen LogP contribution in [0, 0.1) is 0 Å². The van der Waals surface area contributed by atoms with E-state index in [-0.39, 0.29) is 5.41 Å². The van der Waals surface area contributed by atoms with Crippen molar-refractivity contribution in [2.45, 2.75) is 44.9 Å². The predicted molar refractivity (Wildman–Crippen MR) is 90.3 cm³/mol. The van der Waals surface area contributed by atoms with Gasteiger partial charge in [0.1, 0.15) is 0 Å². The van der Waals surface area contributed by atoms with Gasteiger partial charge in [0.05, 0.1) is 5.41 Å². The number of carbonyl (C=O) groups is 1. The molecule has 2 aromatic rings. The van der Waals surface area contributed by atoms with E-state index in [4.69, 9.17) is 0 Å². The Hall–Kier alpha value is -2.09. The minimum absolute atomic E-state index is 0.105. The average Bonchev–Trinajstić information content (AvgIpc) is 2.47. The number of benzene rings is 2. The van der Waals surface area contributed by atoms with Crippen molar-refractivity contribution < 1.29 is 9.90 Å². The Kier molecular flexibility index (Phi) is 4.41. The van der Waals surface area contributed by atoms with Gasteiger partial charge in [0.15, 0.2) is 0 Å². The van der Waals surface area contributed by atoms with Crippen molar-refractivity contribution >= 4 is 5.97 Å². The molecule has 1 N–H and O–H groups in total. The summed E-state index contributed by atoms with van der Waals surface area (Å²) in [6.45, 7) is 8.32.